The van der Waals surface area contributed by atoms with Crippen LogP contribution in [0.4, 0.5) is 11.5 Å². The van der Waals surface area contributed by atoms with Crippen LogP contribution in [0.15, 0.2) is 128 Å². The van der Waals surface area contributed by atoms with E-state index in [0.717, 1.165) is 50.1 Å². The van der Waals surface area contributed by atoms with Crippen LogP contribution in [0.1, 0.15) is 39.0 Å². The molecular formula is C37H37N3. The Kier molecular flexibility index (Phi) is 9.32. The third kappa shape index (κ3) is 5.45. The molecule has 40 heavy (non-hydrogen) atoms. The first-order valence-corrected chi connectivity index (χ1v) is 13.8. The lowest BCUT2D eigenvalue weighted by Gasteiger charge is -2.27. The van der Waals surface area contributed by atoms with Crippen molar-refractivity contribution >= 4 is 46.3 Å². The van der Waals surface area contributed by atoms with Crippen molar-refractivity contribution < 1.29 is 0 Å². The van der Waals surface area contributed by atoms with E-state index in [4.69, 9.17) is 4.98 Å². The Bertz CT molecular complexity index is 1760. The van der Waals surface area contributed by atoms with Crippen LogP contribution in [0.2, 0.25) is 0 Å². The van der Waals surface area contributed by atoms with E-state index in [1.54, 1.807) is 0 Å². The zero-order chi connectivity index (χ0) is 28.5. The fourth-order valence-electron chi connectivity index (χ4n) is 4.78. The van der Waals surface area contributed by atoms with Gasteiger partial charge in [-0.2, -0.15) is 0 Å². The number of hydrogen-bond donors (Lipinski definition) is 0. The summed E-state index contributed by atoms with van der Waals surface area (Å²) in [5, 5.41) is 3.48. The number of pyridine rings is 1. The van der Waals surface area contributed by atoms with Gasteiger partial charge in [0, 0.05) is 33.8 Å². The standard InChI is InChI=1S/C31H23N3.C4H8.C2H6/c1-3-22(2)33-28-16-8-7-15-25(28)27-21-26-23-12-5-4-6-14-24(20-30(27)33)34(29(26)17-11-13-23)31-18-9-10-19-32-31;1-3-4-2;1-2/h3-21H,1-2H2;3-4H,1-2H3;1-2H3/b5-4-,6-4?,12-5?,14-6+,23-12-,24-14?,24-20+,26-21-,27-21?,30-20?;4-3-;. The Morgan fingerprint density at radius 3 is 2.35 bits per heavy atom. The molecule has 3 nitrogen and oxygen atoms in total. The van der Waals surface area contributed by atoms with Crippen molar-refractivity contribution in [1.82, 2.24) is 9.55 Å². The van der Waals surface area contributed by atoms with Crippen LogP contribution in [0.3, 0.4) is 0 Å². The van der Waals surface area contributed by atoms with Gasteiger partial charge in [0.2, 0.25) is 0 Å². The van der Waals surface area contributed by atoms with E-state index < -0.39 is 0 Å². The highest BCUT2D eigenvalue weighted by Crippen LogP contribution is 2.35. The molecule has 200 valence electrons. The number of hydrogen-bond acceptors (Lipinski definition) is 2. The van der Waals surface area contributed by atoms with Crippen LogP contribution in [0, 0.1) is 0 Å². The van der Waals surface area contributed by atoms with E-state index in [9.17, 15) is 0 Å². The minimum Gasteiger partial charge on any atom is -0.310 e. The molecule has 0 unspecified atom stereocenters. The number of para-hydroxylation sites is 1. The van der Waals surface area contributed by atoms with Gasteiger partial charge in [0.1, 0.15) is 5.82 Å². The lowest BCUT2D eigenvalue weighted by molar-refractivity contribution is 1.11. The maximum atomic E-state index is 4.72. The molecule has 0 amide bonds. The molecular weight excluding hydrogens is 486 g/mol. The van der Waals surface area contributed by atoms with Crippen molar-refractivity contribution in [3.63, 3.8) is 0 Å². The largest absolute Gasteiger partial charge is 0.310 e. The molecule has 0 radical (unpaired) electrons. The molecule has 2 aromatic heterocycles. The van der Waals surface area contributed by atoms with Gasteiger partial charge in [-0.25, -0.2) is 4.98 Å². The highest BCUT2D eigenvalue weighted by molar-refractivity contribution is 5.98. The zero-order valence-electron chi connectivity index (χ0n) is 23.9. The van der Waals surface area contributed by atoms with E-state index in [1.807, 2.05) is 70.3 Å². The van der Waals surface area contributed by atoms with E-state index in [0.29, 0.717) is 0 Å². The predicted octanol–water partition coefficient (Wildman–Crippen LogP) is 8.53. The van der Waals surface area contributed by atoms with Gasteiger partial charge in [-0.3, -0.25) is 4.90 Å². The molecule has 2 aromatic carbocycles. The summed E-state index contributed by atoms with van der Waals surface area (Å²) < 4.78 is 2.19. The average Bonchev–Trinajstić information content (AvgIpc) is 3.29. The number of benzene rings is 2. The monoisotopic (exact) mass is 523 g/mol. The second kappa shape index (κ2) is 13.3. The second-order valence-corrected chi connectivity index (χ2v) is 8.94. The van der Waals surface area contributed by atoms with Crippen molar-refractivity contribution in [2.24, 2.45) is 0 Å². The summed E-state index contributed by atoms with van der Waals surface area (Å²) >= 11 is 0. The Balaban J connectivity index is 0.000000568. The zero-order valence-corrected chi connectivity index (χ0v) is 23.9. The molecule has 0 fully saturated rings. The third-order valence-corrected chi connectivity index (χ3v) is 6.64. The number of fused-ring (bicyclic) bond motifs is 4. The summed E-state index contributed by atoms with van der Waals surface area (Å²) in [4.78, 5) is 6.94. The maximum absolute atomic E-state index is 4.72. The molecule has 0 spiro atoms. The van der Waals surface area contributed by atoms with E-state index in [2.05, 4.69) is 108 Å². The Hall–Kier alpha value is -4.89. The van der Waals surface area contributed by atoms with Crippen molar-refractivity contribution in [3.05, 3.63) is 150 Å². The first-order valence-electron chi connectivity index (χ1n) is 13.8. The Labute approximate surface area is 238 Å². The van der Waals surface area contributed by atoms with Crippen LogP contribution in [-0.2, 0) is 0 Å². The minimum atomic E-state index is 0.836. The topological polar surface area (TPSA) is 21.1 Å². The molecule has 4 bridgehead atoms. The molecule has 0 saturated carbocycles. The number of aromatic nitrogens is 2. The minimum absolute atomic E-state index is 0.836. The third-order valence-electron chi connectivity index (χ3n) is 6.64. The second-order valence-electron chi connectivity index (χ2n) is 8.94. The van der Waals surface area contributed by atoms with Crippen molar-refractivity contribution in [3.8, 4) is 0 Å². The SMILES string of the molecule is C/C=C\C.C=CC(=C)n1c2c(c3ccccc31)\C=c1/c3ccc/c1=C/C=C\C=C\C(=C/2)N3c1ccccn1.CC. The summed E-state index contributed by atoms with van der Waals surface area (Å²) in [6, 6.07) is 20.9. The smallest absolute Gasteiger partial charge is 0.137 e. The van der Waals surface area contributed by atoms with E-state index >= 15 is 0 Å². The molecule has 0 aliphatic carbocycles. The maximum Gasteiger partial charge on any atom is 0.137 e. The highest BCUT2D eigenvalue weighted by atomic mass is 15.2. The average molecular weight is 524 g/mol. The molecule has 4 aromatic rings. The highest BCUT2D eigenvalue weighted by Gasteiger charge is 2.22. The number of allylic oxidation sites excluding steroid dienone is 8. The van der Waals surface area contributed by atoms with Crippen LogP contribution in [0.25, 0.3) is 34.8 Å². The van der Waals surface area contributed by atoms with Gasteiger partial charge in [-0.1, -0.05) is 99.9 Å². The lowest BCUT2D eigenvalue weighted by atomic mass is 10.0. The van der Waals surface area contributed by atoms with Crippen LogP contribution in [-0.4, -0.2) is 9.55 Å². The van der Waals surface area contributed by atoms with Gasteiger partial charge in [-0.15, -0.1) is 0 Å². The van der Waals surface area contributed by atoms with Gasteiger partial charge in [0.25, 0.3) is 0 Å². The van der Waals surface area contributed by atoms with E-state index in [1.165, 1.54) is 5.39 Å². The van der Waals surface area contributed by atoms with Crippen LogP contribution < -0.4 is 15.3 Å². The molecule has 6 rings (SSSR count). The van der Waals surface area contributed by atoms with Crippen molar-refractivity contribution in [1.29, 1.82) is 0 Å². The first kappa shape index (κ1) is 28.1. The number of nitrogens with zero attached hydrogens (tertiary/aromatic N) is 3. The Morgan fingerprint density at radius 2 is 1.62 bits per heavy atom. The first-order chi connectivity index (χ1) is 19.7. The van der Waals surface area contributed by atoms with Crippen molar-refractivity contribution in [2.45, 2.75) is 27.7 Å². The quantitative estimate of drug-likeness (QED) is 0.198. The fraction of sp³-hybridized carbons (Fsp3) is 0.108. The summed E-state index contributed by atoms with van der Waals surface area (Å²) in [5.74, 6) is 0.864. The number of anilines is 2. The summed E-state index contributed by atoms with van der Waals surface area (Å²) in [5.41, 5.74) is 6.27. The van der Waals surface area contributed by atoms with Gasteiger partial charge < -0.3 is 4.57 Å². The van der Waals surface area contributed by atoms with Crippen LogP contribution in [0.5, 0.6) is 0 Å². The molecule has 4 heterocycles. The molecule has 0 atom stereocenters. The summed E-state index contributed by atoms with van der Waals surface area (Å²) in [7, 11) is 0. The Morgan fingerprint density at radius 1 is 0.850 bits per heavy atom. The molecule has 2 aliphatic heterocycles. The number of rotatable bonds is 3. The molecule has 2 aliphatic rings. The normalized spacial score (nSPS) is 17.5. The summed E-state index contributed by atoms with van der Waals surface area (Å²) in [6.45, 7) is 16.3. The summed E-state index contributed by atoms with van der Waals surface area (Å²) in [6.07, 6.45) is 22.7. The van der Waals surface area contributed by atoms with Gasteiger partial charge in [0.05, 0.1) is 16.9 Å². The van der Waals surface area contributed by atoms with Crippen LogP contribution >= 0.6 is 0 Å². The molecule has 3 heteroatoms. The van der Waals surface area contributed by atoms with Gasteiger partial charge >= 0.3 is 0 Å². The van der Waals surface area contributed by atoms with Crippen molar-refractivity contribution in [2.75, 3.05) is 4.90 Å². The molecule has 0 saturated heterocycles. The molecule has 0 N–H and O–H groups in total. The van der Waals surface area contributed by atoms with Gasteiger partial charge in [-0.05, 0) is 67.6 Å². The predicted molar refractivity (Wildman–Crippen MR) is 176 cm³/mol. The fourth-order valence-corrected chi connectivity index (χ4v) is 4.78. The van der Waals surface area contributed by atoms with Gasteiger partial charge in [0.15, 0.2) is 0 Å². The lowest BCUT2D eigenvalue weighted by Crippen LogP contribution is -2.33. The van der Waals surface area contributed by atoms with E-state index in [-0.39, 0.29) is 0 Å².